The van der Waals surface area contributed by atoms with Crippen LogP contribution in [0, 0.1) is 0 Å². The van der Waals surface area contributed by atoms with E-state index in [1.807, 2.05) is 45.5 Å². The van der Waals surface area contributed by atoms with Gasteiger partial charge in [-0.2, -0.15) is 0 Å². The van der Waals surface area contributed by atoms with Crippen LogP contribution in [-0.2, 0) is 36.6 Å². The number of aromatic nitrogens is 6. The van der Waals surface area contributed by atoms with Gasteiger partial charge in [0.05, 0.1) is 13.1 Å². The third kappa shape index (κ3) is 8.29. The van der Waals surface area contributed by atoms with Crippen molar-refractivity contribution in [2.24, 2.45) is 0 Å². The molecule has 0 aliphatic rings. The molecule has 0 saturated carbocycles. The first-order chi connectivity index (χ1) is 15.7. The first kappa shape index (κ1) is 30.5. The summed E-state index contributed by atoms with van der Waals surface area (Å²) in [4.78, 5) is 0. The number of nitrogens with zero attached hydrogens (tertiary/aromatic N) is 4. The molecule has 2 heterocycles. The van der Waals surface area contributed by atoms with E-state index in [0.29, 0.717) is 23.5 Å². The maximum Gasteiger partial charge on any atom is 0.292 e. The molecular formula is C22H24Cl6N6. The molecule has 0 aliphatic carbocycles. The third-order valence-electron chi connectivity index (χ3n) is 4.76. The van der Waals surface area contributed by atoms with Crippen molar-refractivity contribution in [3.63, 3.8) is 0 Å². The summed E-state index contributed by atoms with van der Waals surface area (Å²) in [6.07, 6.45) is 0. The van der Waals surface area contributed by atoms with Gasteiger partial charge in [-0.05, 0) is 11.1 Å². The maximum absolute atomic E-state index is 5.83. The second kappa shape index (κ2) is 16.2. The fourth-order valence-corrected chi connectivity index (χ4v) is 3.94. The highest BCUT2D eigenvalue weighted by molar-refractivity contribution is 6.17. The van der Waals surface area contributed by atoms with Crippen LogP contribution < -0.4 is 33.9 Å². The second-order valence-corrected chi connectivity index (χ2v) is 7.92. The summed E-state index contributed by atoms with van der Waals surface area (Å²) < 4.78 is 4.02. The van der Waals surface area contributed by atoms with E-state index in [9.17, 15) is 0 Å². The van der Waals surface area contributed by atoms with Crippen molar-refractivity contribution >= 4 is 46.4 Å². The van der Waals surface area contributed by atoms with E-state index in [1.165, 1.54) is 11.1 Å². The van der Waals surface area contributed by atoms with Crippen LogP contribution in [0.25, 0.3) is 0 Å². The summed E-state index contributed by atoms with van der Waals surface area (Å²) >= 11 is 23.3. The highest BCUT2D eigenvalue weighted by Crippen LogP contribution is 2.04. The minimum atomic E-state index is 0. The minimum absolute atomic E-state index is 0. The van der Waals surface area contributed by atoms with Gasteiger partial charge in [0.2, 0.25) is 11.6 Å². The molecule has 0 radical (unpaired) electrons. The molecule has 34 heavy (non-hydrogen) atoms. The van der Waals surface area contributed by atoms with Crippen LogP contribution in [0.1, 0.15) is 34.4 Å². The SMILES string of the molecule is ClCc1n[nH]c(CCl)[n+]1Cc1ccccc1.ClCc1n[nH]c(CCl)[n+]1Cc1ccccc1.[Cl-].[Cl-]. The Labute approximate surface area is 231 Å². The standard InChI is InChI=1S/2C11H11Cl2N3.2ClH/c2*12-6-10-14-15-11(7-13)16(10)8-9-4-2-1-3-5-9;;/h2*1-5H,6-8H2;2*1H. The van der Waals surface area contributed by atoms with E-state index < -0.39 is 0 Å². The average molecular weight is 585 g/mol. The number of aromatic amines is 2. The number of alkyl halides is 4. The minimum Gasteiger partial charge on any atom is -1.00 e. The lowest BCUT2D eigenvalue weighted by atomic mass is 10.2. The summed E-state index contributed by atoms with van der Waals surface area (Å²) in [5.74, 6) is 4.91. The highest BCUT2D eigenvalue weighted by Gasteiger charge is 2.19. The van der Waals surface area contributed by atoms with Crippen LogP contribution in [0.4, 0.5) is 0 Å². The predicted octanol–water partition coefficient (Wildman–Crippen LogP) is -1.55. The first-order valence-corrected chi connectivity index (χ1v) is 12.1. The van der Waals surface area contributed by atoms with Gasteiger partial charge < -0.3 is 24.8 Å². The Bertz CT molecular complexity index is 957. The molecule has 0 saturated heterocycles. The van der Waals surface area contributed by atoms with Gasteiger partial charge in [-0.3, -0.25) is 0 Å². The molecule has 2 aromatic carbocycles. The van der Waals surface area contributed by atoms with E-state index >= 15 is 0 Å². The van der Waals surface area contributed by atoms with Gasteiger partial charge in [0.1, 0.15) is 23.5 Å². The van der Waals surface area contributed by atoms with Crippen LogP contribution >= 0.6 is 46.4 Å². The summed E-state index contributed by atoms with van der Waals surface area (Å²) in [7, 11) is 0. The molecule has 0 fully saturated rings. The summed E-state index contributed by atoms with van der Waals surface area (Å²) in [6.45, 7) is 1.48. The molecule has 4 aromatic rings. The molecule has 12 heteroatoms. The van der Waals surface area contributed by atoms with Crippen molar-refractivity contribution in [3.8, 4) is 0 Å². The van der Waals surface area contributed by atoms with Crippen LogP contribution in [0.3, 0.4) is 0 Å². The largest absolute Gasteiger partial charge is 1.00 e. The molecule has 0 aliphatic heterocycles. The fourth-order valence-electron chi connectivity index (χ4n) is 3.12. The van der Waals surface area contributed by atoms with E-state index in [1.54, 1.807) is 0 Å². The number of nitrogens with one attached hydrogen (secondary N) is 2. The molecule has 0 spiro atoms. The summed E-state index contributed by atoms with van der Waals surface area (Å²) in [5.41, 5.74) is 2.40. The van der Waals surface area contributed by atoms with Crippen molar-refractivity contribution in [3.05, 3.63) is 95.1 Å². The Morgan fingerprint density at radius 1 is 0.559 bits per heavy atom. The van der Waals surface area contributed by atoms with Crippen molar-refractivity contribution in [2.45, 2.75) is 36.6 Å². The number of benzene rings is 2. The fraction of sp³-hybridized carbons (Fsp3) is 0.273. The van der Waals surface area contributed by atoms with Gasteiger partial charge in [-0.25, -0.2) is 9.13 Å². The Kier molecular flexibility index (Phi) is 14.5. The van der Waals surface area contributed by atoms with E-state index in [2.05, 4.69) is 44.7 Å². The van der Waals surface area contributed by atoms with Crippen LogP contribution in [0.15, 0.2) is 60.7 Å². The second-order valence-electron chi connectivity index (χ2n) is 6.85. The Balaban J connectivity index is 0.000000321. The zero-order chi connectivity index (χ0) is 22.8. The van der Waals surface area contributed by atoms with Crippen molar-refractivity contribution in [1.82, 2.24) is 20.4 Å². The number of halogens is 6. The van der Waals surface area contributed by atoms with Crippen molar-refractivity contribution in [1.29, 1.82) is 0 Å². The molecule has 0 amide bonds. The number of hydrogen-bond donors (Lipinski definition) is 2. The van der Waals surface area contributed by atoms with Gasteiger partial charge in [-0.1, -0.05) is 60.7 Å². The highest BCUT2D eigenvalue weighted by atomic mass is 35.5. The van der Waals surface area contributed by atoms with Crippen LogP contribution in [0.5, 0.6) is 0 Å². The topological polar surface area (TPSA) is 65.1 Å². The van der Waals surface area contributed by atoms with E-state index in [0.717, 1.165) is 36.4 Å². The normalized spacial score (nSPS) is 10.0. The number of H-pyrrole nitrogens is 2. The first-order valence-electron chi connectivity index (χ1n) is 9.93. The third-order valence-corrected chi connectivity index (χ3v) is 5.75. The monoisotopic (exact) mass is 582 g/mol. The quantitative estimate of drug-likeness (QED) is 0.195. The molecule has 6 nitrogen and oxygen atoms in total. The lowest BCUT2D eigenvalue weighted by Gasteiger charge is -2.01. The molecule has 4 rings (SSSR count). The molecule has 2 aromatic heterocycles. The lowest BCUT2D eigenvalue weighted by Crippen LogP contribution is -3.00. The van der Waals surface area contributed by atoms with Crippen LogP contribution in [-0.4, -0.2) is 20.4 Å². The Morgan fingerprint density at radius 3 is 1.21 bits per heavy atom. The van der Waals surface area contributed by atoms with Crippen molar-refractivity contribution in [2.75, 3.05) is 0 Å². The molecule has 0 bridgehead atoms. The summed E-state index contributed by atoms with van der Waals surface area (Å²) in [5, 5.41) is 14.0. The zero-order valence-corrected chi connectivity index (χ0v) is 22.6. The Morgan fingerprint density at radius 2 is 0.912 bits per heavy atom. The van der Waals surface area contributed by atoms with Gasteiger partial charge in [0, 0.05) is 10.2 Å². The molecular weight excluding hydrogens is 561 g/mol. The number of hydrogen-bond acceptors (Lipinski definition) is 2. The maximum atomic E-state index is 5.83. The molecule has 184 valence electrons. The van der Waals surface area contributed by atoms with Gasteiger partial charge >= 0.3 is 0 Å². The van der Waals surface area contributed by atoms with E-state index in [4.69, 9.17) is 46.4 Å². The molecule has 2 N–H and O–H groups in total. The van der Waals surface area contributed by atoms with Gasteiger partial charge in [-0.15, -0.1) is 56.6 Å². The van der Waals surface area contributed by atoms with Crippen molar-refractivity contribution < 1.29 is 33.9 Å². The molecule has 0 atom stereocenters. The Hall–Kier alpha value is -1.54. The smallest absolute Gasteiger partial charge is 0.292 e. The van der Waals surface area contributed by atoms with Crippen LogP contribution in [0.2, 0.25) is 0 Å². The van der Waals surface area contributed by atoms with Gasteiger partial charge in [0.25, 0.3) is 11.6 Å². The van der Waals surface area contributed by atoms with Gasteiger partial charge in [0.15, 0.2) is 0 Å². The number of rotatable bonds is 8. The molecule has 0 unspecified atom stereocenters. The summed E-state index contributed by atoms with van der Waals surface area (Å²) in [6, 6.07) is 20.3. The predicted molar refractivity (Wildman–Crippen MR) is 127 cm³/mol. The lowest BCUT2D eigenvalue weighted by molar-refractivity contribution is -0.701. The average Bonchev–Trinajstić information content (AvgIpc) is 3.43. The van der Waals surface area contributed by atoms with E-state index in [-0.39, 0.29) is 24.8 Å². The zero-order valence-electron chi connectivity index (χ0n) is 18.1.